The number of pyridine rings is 1. The Hall–Kier alpha value is -5.65. The first kappa shape index (κ1) is 52.2. The van der Waals surface area contributed by atoms with Gasteiger partial charge in [-0.25, -0.2) is 14.8 Å². The molecule has 73 heavy (non-hydrogen) atoms. The summed E-state index contributed by atoms with van der Waals surface area (Å²) in [6.07, 6.45) is 21.5. The van der Waals surface area contributed by atoms with Crippen LogP contribution in [-0.2, 0) is 29.0 Å². The number of aromatic carboxylic acids is 1. The third kappa shape index (κ3) is 12.5. The first-order chi connectivity index (χ1) is 35.0. The highest BCUT2D eigenvalue weighted by molar-refractivity contribution is 7.22. The molecule has 2 N–H and O–H groups in total. The number of aryl methyl sites for hydroxylation is 3. The lowest BCUT2D eigenvalue weighted by atomic mass is 9.39. The summed E-state index contributed by atoms with van der Waals surface area (Å²) in [6.45, 7) is 14.4. The first-order valence-corrected chi connectivity index (χ1v) is 27.5. The number of anilines is 4. The molecule has 0 radical (unpaired) electrons. The lowest BCUT2D eigenvalue weighted by Gasteiger charge is -2.69. The van der Waals surface area contributed by atoms with E-state index >= 15 is 0 Å². The highest BCUT2D eigenvalue weighted by Gasteiger charge is 2.66. The Labute approximate surface area is 434 Å². The molecule has 17 heteroatoms. The Kier molecular flexibility index (Phi) is 15.8. The number of likely N-dealkylation sites (N-methyl/N-ethyl adjacent to an activating group) is 1. The standard InChI is InChI=1S/C56H76N12O4S/c1-39-29-48(62-63-50(39)60-52-58-45-21-15-16-22-46(45)73-52)67(26-18-12-17-25-66-31-42(61-64-66)20-14-11-9-8-10-13-19-40(2)69)47-24-23-43(49(59-47)51(70)71)44-30-57-68(41(44)3)38-55-33-53(4)32-54(5,34-55)36-56(35-53,37-55)72-28-27-65(6)7/h15-16,21-24,29-31H,8-14,17-20,25-28,32-38H2,1-7H3,(H,70,71)(H,58,60,63). The second-order valence-electron chi connectivity index (χ2n) is 23.0. The largest absolute Gasteiger partial charge is 0.476 e. The van der Waals surface area contributed by atoms with Crippen molar-refractivity contribution >= 4 is 55.9 Å². The van der Waals surface area contributed by atoms with Gasteiger partial charge in [0.25, 0.3) is 0 Å². The number of carboxylic acid groups (broad SMARTS) is 1. The number of nitrogens with zero attached hydrogens (tertiary/aromatic N) is 11. The zero-order valence-electron chi connectivity index (χ0n) is 44.3. The lowest BCUT2D eigenvalue weighted by Crippen LogP contribution is -2.64. The number of carbonyl (C=O) groups excluding carboxylic acids is 1. The molecule has 2 atom stereocenters. The van der Waals surface area contributed by atoms with E-state index < -0.39 is 5.97 Å². The van der Waals surface area contributed by atoms with Crippen molar-refractivity contribution in [1.29, 1.82) is 0 Å². The van der Waals surface area contributed by atoms with E-state index in [-0.39, 0.29) is 33.3 Å². The summed E-state index contributed by atoms with van der Waals surface area (Å²) in [5, 5.41) is 38.2. The minimum absolute atomic E-state index is 0.0290. The van der Waals surface area contributed by atoms with E-state index in [4.69, 9.17) is 24.9 Å². The Balaban J connectivity index is 0.903. The third-order valence-electron chi connectivity index (χ3n) is 15.7. The number of para-hydroxylation sites is 1. The summed E-state index contributed by atoms with van der Waals surface area (Å²) in [4.78, 5) is 38.3. The van der Waals surface area contributed by atoms with Crippen LogP contribution in [-0.4, -0.2) is 106 Å². The highest BCUT2D eigenvalue weighted by Crippen LogP contribution is 2.72. The number of hydrogen-bond donors (Lipinski definition) is 2. The van der Waals surface area contributed by atoms with E-state index in [0.29, 0.717) is 36.0 Å². The normalized spacial score (nSPS) is 22.2. The molecule has 4 aliphatic rings. The van der Waals surface area contributed by atoms with Crippen LogP contribution in [0.15, 0.2) is 54.9 Å². The van der Waals surface area contributed by atoms with Gasteiger partial charge in [-0.15, -0.1) is 15.3 Å². The maximum Gasteiger partial charge on any atom is 0.355 e. The van der Waals surface area contributed by atoms with Gasteiger partial charge < -0.3 is 29.8 Å². The van der Waals surface area contributed by atoms with Crippen molar-refractivity contribution in [2.24, 2.45) is 16.2 Å². The summed E-state index contributed by atoms with van der Waals surface area (Å²) in [7, 11) is 4.21. The summed E-state index contributed by atoms with van der Waals surface area (Å²) < 4.78 is 12.1. The number of nitrogens with one attached hydrogen (secondary N) is 1. The molecular formula is C56H76N12O4S. The van der Waals surface area contributed by atoms with Gasteiger partial charge in [0.05, 0.1) is 34.3 Å². The van der Waals surface area contributed by atoms with Crippen molar-refractivity contribution < 1.29 is 19.4 Å². The van der Waals surface area contributed by atoms with E-state index in [1.807, 2.05) is 65.2 Å². The second-order valence-corrected chi connectivity index (χ2v) is 24.1. The van der Waals surface area contributed by atoms with Crippen molar-refractivity contribution in [1.82, 2.24) is 49.8 Å². The smallest absolute Gasteiger partial charge is 0.355 e. The molecule has 5 heterocycles. The molecule has 2 unspecified atom stereocenters. The van der Waals surface area contributed by atoms with E-state index in [2.05, 4.69) is 71.4 Å². The van der Waals surface area contributed by atoms with Gasteiger partial charge in [-0.2, -0.15) is 5.10 Å². The molecule has 5 aromatic heterocycles. The molecule has 0 aliphatic heterocycles. The van der Waals surface area contributed by atoms with Gasteiger partial charge >= 0.3 is 5.97 Å². The van der Waals surface area contributed by atoms with Crippen LogP contribution in [0.4, 0.5) is 22.6 Å². The molecule has 390 valence electrons. The fourth-order valence-corrected chi connectivity index (χ4v) is 14.4. The zero-order valence-corrected chi connectivity index (χ0v) is 45.1. The van der Waals surface area contributed by atoms with Gasteiger partial charge in [0.2, 0.25) is 0 Å². The van der Waals surface area contributed by atoms with Crippen LogP contribution in [0.2, 0.25) is 0 Å². The average Bonchev–Trinajstić information content (AvgIpc) is 4.05. The SMILES string of the molecule is CC(=O)CCCCCCCCc1cn(CCCCCN(c2cc(C)c(Nc3nc4ccccc4s3)nn2)c2ccc(-c3cnn(CC45CC6(C)CC(C)(C4)CC(OCCN(C)C)(C6)C5)c3C)c(C(=O)O)n2)nn1. The predicted octanol–water partition coefficient (Wildman–Crippen LogP) is 11.6. The number of aromatic nitrogens is 9. The maximum atomic E-state index is 13.3. The summed E-state index contributed by atoms with van der Waals surface area (Å²) in [5.41, 5.74) is 5.37. The Morgan fingerprint density at radius 2 is 1.58 bits per heavy atom. The van der Waals surface area contributed by atoms with E-state index in [0.717, 1.165) is 148 Å². The maximum absolute atomic E-state index is 13.3. The number of Topliss-reactive ketones (excluding diaryl/α,β-unsaturated/α-hetero) is 1. The fourth-order valence-electron chi connectivity index (χ4n) is 13.5. The molecule has 1 aromatic carbocycles. The van der Waals surface area contributed by atoms with Crippen LogP contribution in [0.25, 0.3) is 21.3 Å². The number of thiazole rings is 1. The molecule has 0 amide bonds. The quantitative estimate of drug-likeness (QED) is 0.0465. The highest BCUT2D eigenvalue weighted by atomic mass is 32.1. The summed E-state index contributed by atoms with van der Waals surface area (Å²) in [6, 6.07) is 13.8. The number of unbranched alkanes of at least 4 members (excludes halogenated alkanes) is 7. The van der Waals surface area contributed by atoms with Crippen molar-refractivity contribution in [3.8, 4) is 11.1 Å². The van der Waals surface area contributed by atoms with Crippen LogP contribution in [0, 0.1) is 30.1 Å². The fraction of sp³-hybridized carbons (Fsp3) is 0.589. The number of carbonyl (C=O) groups is 2. The molecule has 16 nitrogen and oxygen atoms in total. The molecule has 0 spiro atoms. The molecule has 4 bridgehead atoms. The van der Waals surface area contributed by atoms with Gasteiger partial charge in [-0.3, -0.25) is 9.36 Å². The van der Waals surface area contributed by atoms with Gasteiger partial charge in [0.15, 0.2) is 22.5 Å². The van der Waals surface area contributed by atoms with Crippen molar-refractivity contribution in [3.05, 3.63) is 77.5 Å². The van der Waals surface area contributed by atoms with Gasteiger partial charge in [-0.1, -0.05) is 68.2 Å². The number of rotatable bonds is 27. The third-order valence-corrected chi connectivity index (χ3v) is 16.6. The first-order valence-electron chi connectivity index (χ1n) is 26.7. The Morgan fingerprint density at radius 1 is 0.822 bits per heavy atom. The molecule has 4 fully saturated rings. The number of ketones is 1. The monoisotopic (exact) mass is 1010 g/mol. The number of fused-ring (bicyclic) bond motifs is 1. The minimum Gasteiger partial charge on any atom is -0.476 e. The van der Waals surface area contributed by atoms with E-state index in [1.54, 1.807) is 18.3 Å². The van der Waals surface area contributed by atoms with Crippen LogP contribution in [0.3, 0.4) is 0 Å². The Morgan fingerprint density at radius 3 is 2.32 bits per heavy atom. The number of carboxylic acids is 1. The van der Waals surface area contributed by atoms with Gasteiger partial charge in [-0.05, 0) is 164 Å². The van der Waals surface area contributed by atoms with Gasteiger partial charge in [0, 0.05) is 55.6 Å². The number of ether oxygens (including phenoxy) is 1. The van der Waals surface area contributed by atoms with Crippen LogP contribution in [0.5, 0.6) is 0 Å². The second kappa shape index (κ2) is 22.1. The Bertz CT molecular complexity index is 2840. The van der Waals surface area contributed by atoms with Crippen LogP contribution in [0.1, 0.15) is 151 Å². The van der Waals surface area contributed by atoms with E-state index in [1.165, 1.54) is 19.3 Å². The molecule has 4 aliphatic carbocycles. The zero-order chi connectivity index (χ0) is 51.4. The number of benzene rings is 1. The van der Waals surface area contributed by atoms with E-state index in [9.17, 15) is 14.7 Å². The average molecular weight is 1010 g/mol. The molecule has 10 rings (SSSR count). The molecule has 0 saturated heterocycles. The van der Waals surface area contributed by atoms with Crippen molar-refractivity contribution in [2.75, 3.05) is 44.0 Å². The van der Waals surface area contributed by atoms with Gasteiger partial charge in [0.1, 0.15) is 11.6 Å². The topological polar surface area (TPSA) is 182 Å². The minimum atomic E-state index is -1.10. The summed E-state index contributed by atoms with van der Waals surface area (Å²) >= 11 is 1.56. The molecular weight excluding hydrogens is 937 g/mol. The summed E-state index contributed by atoms with van der Waals surface area (Å²) in [5.74, 6) is 0.833. The molecule has 6 aromatic rings. The van der Waals surface area contributed by atoms with Crippen molar-refractivity contribution in [2.45, 2.75) is 162 Å². The van der Waals surface area contributed by atoms with Crippen LogP contribution < -0.4 is 10.2 Å². The number of hydrogen-bond acceptors (Lipinski definition) is 14. The van der Waals surface area contributed by atoms with Crippen LogP contribution >= 0.6 is 11.3 Å². The van der Waals surface area contributed by atoms with Crippen molar-refractivity contribution in [3.63, 3.8) is 0 Å². The molecule has 4 saturated carbocycles. The lowest BCUT2D eigenvalue weighted by molar-refractivity contribution is -0.248. The predicted molar refractivity (Wildman–Crippen MR) is 288 cm³/mol.